The van der Waals surface area contributed by atoms with Crippen LogP contribution in [-0.4, -0.2) is 5.97 Å². The molecule has 0 aromatic rings. The first-order valence-electron chi connectivity index (χ1n) is 6.07. The molecule has 1 atom stereocenters. The number of carboxylic acid groups (broad SMARTS) is 1. The van der Waals surface area contributed by atoms with Crippen LogP contribution in [0.2, 0.25) is 0 Å². The highest BCUT2D eigenvalue weighted by molar-refractivity contribution is 5.79. The van der Waals surface area contributed by atoms with Crippen molar-refractivity contribution in [3.63, 3.8) is 0 Å². The summed E-state index contributed by atoms with van der Waals surface area (Å²) in [7, 11) is 0. The minimum Gasteiger partial charge on any atom is -0.545 e. The Balaban J connectivity index is 2.85. The van der Waals surface area contributed by atoms with Crippen LogP contribution >= 0.6 is 0 Å². The molecule has 0 saturated carbocycles. The van der Waals surface area contributed by atoms with Gasteiger partial charge in [-0.15, -0.1) is 0 Å². The fourth-order valence-corrected chi connectivity index (χ4v) is 2.46. The van der Waals surface area contributed by atoms with Gasteiger partial charge in [0.15, 0.2) is 0 Å². The summed E-state index contributed by atoms with van der Waals surface area (Å²) < 4.78 is 0. The Morgan fingerprint density at radius 1 is 1.53 bits per heavy atom. The number of aliphatic carboxylic acids is 1. The molecule has 0 radical (unpaired) electrons. The Bertz CT molecular complexity index is 384. The van der Waals surface area contributed by atoms with Crippen molar-refractivity contribution in [1.82, 2.24) is 0 Å². The van der Waals surface area contributed by atoms with Crippen molar-refractivity contribution in [2.45, 2.75) is 40.5 Å². The Labute approximate surface area is 104 Å². The molecule has 0 N–H and O–H groups in total. The van der Waals surface area contributed by atoms with Gasteiger partial charge in [-0.05, 0) is 43.8 Å². The van der Waals surface area contributed by atoms with E-state index in [2.05, 4.69) is 32.9 Å². The van der Waals surface area contributed by atoms with Gasteiger partial charge in [-0.25, -0.2) is 0 Å². The van der Waals surface area contributed by atoms with Crippen LogP contribution in [0.5, 0.6) is 0 Å². The number of allylic oxidation sites excluding steroid dienone is 5. The summed E-state index contributed by atoms with van der Waals surface area (Å²) in [5.41, 5.74) is 2.34. The lowest BCUT2D eigenvalue weighted by Gasteiger charge is -2.36. The van der Waals surface area contributed by atoms with Crippen molar-refractivity contribution in [3.8, 4) is 0 Å². The number of carbonyl (C=O) groups excluding carboxylic acids is 1. The maximum atomic E-state index is 10.4. The van der Waals surface area contributed by atoms with E-state index >= 15 is 0 Å². The summed E-state index contributed by atoms with van der Waals surface area (Å²) in [5, 5.41) is 10.4. The van der Waals surface area contributed by atoms with Crippen molar-refractivity contribution >= 4 is 5.97 Å². The lowest BCUT2D eigenvalue weighted by molar-refractivity contribution is -0.297. The van der Waals surface area contributed by atoms with E-state index in [-0.39, 0.29) is 5.41 Å². The highest BCUT2D eigenvalue weighted by Crippen LogP contribution is 2.41. The van der Waals surface area contributed by atoms with Gasteiger partial charge >= 0.3 is 0 Å². The van der Waals surface area contributed by atoms with Gasteiger partial charge in [0.25, 0.3) is 0 Å². The van der Waals surface area contributed by atoms with Crippen LogP contribution in [-0.2, 0) is 4.79 Å². The standard InChI is InChI=1S/C15H22O2/c1-11(10-14(16)17)7-8-13-12(2)6-5-9-15(13,3)4/h6-8,10,13H,5,9H2,1-4H3,(H,16,17)/p-1/b8-7+,11-10-/t13-/m0/s1. The van der Waals surface area contributed by atoms with E-state index in [9.17, 15) is 9.90 Å². The normalized spacial score (nSPS) is 24.8. The van der Waals surface area contributed by atoms with Crippen LogP contribution in [0, 0.1) is 11.3 Å². The zero-order chi connectivity index (χ0) is 13.1. The van der Waals surface area contributed by atoms with Crippen molar-refractivity contribution < 1.29 is 9.90 Å². The first-order valence-corrected chi connectivity index (χ1v) is 6.07. The third kappa shape index (κ3) is 3.88. The van der Waals surface area contributed by atoms with Crippen LogP contribution in [0.3, 0.4) is 0 Å². The molecule has 17 heavy (non-hydrogen) atoms. The number of hydrogen-bond donors (Lipinski definition) is 0. The molecule has 2 heteroatoms. The summed E-state index contributed by atoms with van der Waals surface area (Å²) in [4.78, 5) is 10.4. The summed E-state index contributed by atoms with van der Waals surface area (Å²) in [6.07, 6.45) is 9.70. The maximum Gasteiger partial charge on any atom is 0.0645 e. The molecule has 2 nitrogen and oxygen atoms in total. The van der Waals surface area contributed by atoms with Crippen LogP contribution in [0.1, 0.15) is 40.5 Å². The van der Waals surface area contributed by atoms with E-state index in [1.165, 1.54) is 12.0 Å². The van der Waals surface area contributed by atoms with Crippen molar-refractivity contribution in [1.29, 1.82) is 0 Å². The van der Waals surface area contributed by atoms with Crippen LogP contribution < -0.4 is 5.11 Å². The second-order valence-electron chi connectivity index (χ2n) is 5.52. The van der Waals surface area contributed by atoms with Gasteiger partial charge in [0.1, 0.15) is 0 Å². The highest BCUT2D eigenvalue weighted by atomic mass is 16.4. The summed E-state index contributed by atoms with van der Waals surface area (Å²) >= 11 is 0. The molecular weight excluding hydrogens is 212 g/mol. The quantitative estimate of drug-likeness (QED) is 0.427. The zero-order valence-electron chi connectivity index (χ0n) is 11.1. The molecule has 0 aromatic heterocycles. The molecule has 0 aromatic carbocycles. The first kappa shape index (κ1) is 13.8. The second kappa shape index (κ2) is 5.35. The lowest BCUT2D eigenvalue weighted by Crippen LogP contribution is -2.26. The Kier molecular flexibility index (Phi) is 4.33. The van der Waals surface area contributed by atoms with E-state index < -0.39 is 5.97 Å². The van der Waals surface area contributed by atoms with Crippen molar-refractivity contribution in [3.05, 3.63) is 35.5 Å². The van der Waals surface area contributed by atoms with Crippen LogP contribution in [0.15, 0.2) is 35.5 Å². The van der Waals surface area contributed by atoms with Gasteiger partial charge in [0.2, 0.25) is 0 Å². The van der Waals surface area contributed by atoms with Gasteiger partial charge < -0.3 is 9.90 Å². The zero-order valence-corrected chi connectivity index (χ0v) is 11.1. The average molecular weight is 233 g/mol. The summed E-state index contributed by atoms with van der Waals surface area (Å²) in [6.45, 7) is 8.45. The van der Waals surface area contributed by atoms with E-state index in [1.54, 1.807) is 6.92 Å². The molecule has 0 saturated heterocycles. The van der Waals surface area contributed by atoms with E-state index in [1.807, 2.05) is 6.08 Å². The largest absolute Gasteiger partial charge is 0.545 e. The molecule has 0 amide bonds. The Morgan fingerprint density at radius 3 is 2.71 bits per heavy atom. The molecule has 0 heterocycles. The molecule has 1 aliphatic rings. The molecule has 0 unspecified atom stereocenters. The van der Waals surface area contributed by atoms with E-state index in [4.69, 9.17) is 0 Å². The maximum absolute atomic E-state index is 10.4. The fourth-order valence-electron chi connectivity index (χ4n) is 2.46. The third-order valence-electron chi connectivity index (χ3n) is 3.48. The van der Waals surface area contributed by atoms with Crippen LogP contribution in [0.4, 0.5) is 0 Å². The molecule has 94 valence electrons. The number of carboxylic acids is 1. The SMILES string of the molecule is CC1=CCCC(C)(C)[C@H]1/C=C/C(C)=C\C(=O)[O-]. The molecule has 0 aliphatic heterocycles. The minimum atomic E-state index is -1.14. The summed E-state index contributed by atoms with van der Waals surface area (Å²) in [6, 6.07) is 0. The van der Waals surface area contributed by atoms with Crippen LogP contribution in [0.25, 0.3) is 0 Å². The van der Waals surface area contributed by atoms with Gasteiger partial charge in [-0.1, -0.05) is 37.6 Å². The monoisotopic (exact) mass is 233 g/mol. The van der Waals surface area contributed by atoms with Crippen molar-refractivity contribution in [2.24, 2.45) is 11.3 Å². The number of hydrogen-bond acceptors (Lipinski definition) is 2. The third-order valence-corrected chi connectivity index (χ3v) is 3.48. The first-order chi connectivity index (χ1) is 7.83. The molecule has 0 fully saturated rings. The Hall–Kier alpha value is -1.31. The van der Waals surface area contributed by atoms with E-state index in [0.717, 1.165) is 18.1 Å². The van der Waals surface area contributed by atoms with Gasteiger partial charge in [-0.2, -0.15) is 0 Å². The van der Waals surface area contributed by atoms with E-state index in [0.29, 0.717) is 5.92 Å². The van der Waals surface area contributed by atoms with Crippen molar-refractivity contribution in [2.75, 3.05) is 0 Å². The molecule has 1 aliphatic carbocycles. The minimum absolute atomic E-state index is 0.247. The smallest absolute Gasteiger partial charge is 0.0645 e. The topological polar surface area (TPSA) is 40.1 Å². The average Bonchev–Trinajstić information content (AvgIpc) is 2.14. The molecular formula is C15H21O2-. The highest BCUT2D eigenvalue weighted by Gasteiger charge is 2.30. The van der Waals surface area contributed by atoms with Gasteiger partial charge in [0.05, 0.1) is 5.97 Å². The lowest BCUT2D eigenvalue weighted by atomic mass is 9.68. The predicted molar refractivity (Wildman–Crippen MR) is 68.2 cm³/mol. The summed E-state index contributed by atoms with van der Waals surface area (Å²) in [5.74, 6) is -0.747. The number of carbonyl (C=O) groups is 1. The number of rotatable bonds is 3. The molecule has 1 rings (SSSR count). The van der Waals surface area contributed by atoms with Gasteiger partial charge in [0, 0.05) is 5.92 Å². The molecule has 0 bridgehead atoms. The van der Waals surface area contributed by atoms with Gasteiger partial charge in [-0.3, -0.25) is 0 Å². The fraction of sp³-hybridized carbons (Fsp3) is 0.533. The molecule has 0 spiro atoms. The second-order valence-corrected chi connectivity index (χ2v) is 5.52. The Morgan fingerprint density at radius 2 is 2.18 bits per heavy atom. The predicted octanol–water partition coefficient (Wildman–Crippen LogP) is 2.62.